The van der Waals surface area contributed by atoms with Crippen LogP contribution in [0.1, 0.15) is 42.2 Å². The van der Waals surface area contributed by atoms with Crippen molar-refractivity contribution in [3.8, 4) is 0 Å². The summed E-state index contributed by atoms with van der Waals surface area (Å²) in [4.78, 5) is 18.8. The lowest BCUT2D eigenvalue weighted by Crippen LogP contribution is -2.39. The standard InChI is InChI=1S/C15H24N4O2/c1-2-3-13-8-12(9-14(17-13)18-16)15(21)19-6-4-11(10-20)5-7-19/h8-9,11,20H,2-7,10,16H2,1H3,(H,17,18). The van der Waals surface area contributed by atoms with Crippen LogP contribution in [0, 0.1) is 5.92 Å². The molecule has 0 aliphatic carbocycles. The van der Waals surface area contributed by atoms with E-state index in [4.69, 9.17) is 10.9 Å². The number of hydrogen-bond acceptors (Lipinski definition) is 5. The van der Waals surface area contributed by atoms with Crippen LogP contribution in [-0.4, -0.2) is 40.6 Å². The maximum atomic E-state index is 12.6. The fourth-order valence-electron chi connectivity index (χ4n) is 2.67. The van der Waals surface area contributed by atoms with Gasteiger partial charge in [-0.15, -0.1) is 0 Å². The zero-order chi connectivity index (χ0) is 15.2. The van der Waals surface area contributed by atoms with E-state index in [1.54, 1.807) is 6.07 Å². The van der Waals surface area contributed by atoms with Gasteiger partial charge in [-0.1, -0.05) is 13.3 Å². The maximum absolute atomic E-state index is 12.6. The van der Waals surface area contributed by atoms with Crippen LogP contribution in [0.4, 0.5) is 5.82 Å². The van der Waals surface area contributed by atoms with Crippen molar-refractivity contribution < 1.29 is 9.90 Å². The molecule has 0 saturated carbocycles. The van der Waals surface area contributed by atoms with Gasteiger partial charge in [-0.25, -0.2) is 10.8 Å². The zero-order valence-corrected chi connectivity index (χ0v) is 12.5. The van der Waals surface area contributed by atoms with E-state index in [2.05, 4.69) is 17.3 Å². The third-order valence-electron chi connectivity index (χ3n) is 3.94. The fraction of sp³-hybridized carbons (Fsp3) is 0.600. The van der Waals surface area contributed by atoms with Gasteiger partial charge in [-0.05, 0) is 37.3 Å². The Bertz CT molecular complexity index is 485. The second-order valence-electron chi connectivity index (χ2n) is 5.54. The average molecular weight is 292 g/mol. The first-order chi connectivity index (χ1) is 10.2. The molecule has 2 heterocycles. The van der Waals surface area contributed by atoms with Crippen molar-refractivity contribution in [2.75, 3.05) is 25.1 Å². The number of anilines is 1. The third-order valence-corrected chi connectivity index (χ3v) is 3.94. The van der Waals surface area contributed by atoms with E-state index in [1.165, 1.54) is 0 Å². The minimum atomic E-state index is 0.0163. The number of pyridine rings is 1. The van der Waals surface area contributed by atoms with E-state index in [0.29, 0.717) is 30.4 Å². The second-order valence-corrected chi connectivity index (χ2v) is 5.54. The predicted molar refractivity (Wildman–Crippen MR) is 81.8 cm³/mol. The average Bonchev–Trinajstić information content (AvgIpc) is 2.54. The molecular formula is C15H24N4O2. The summed E-state index contributed by atoms with van der Waals surface area (Å²) in [5.74, 6) is 6.30. The van der Waals surface area contributed by atoms with Gasteiger partial charge in [0.15, 0.2) is 0 Å². The second kappa shape index (κ2) is 7.38. The third kappa shape index (κ3) is 3.92. The van der Waals surface area contributed by atoms with Crippen molar-refractivity contribution >= 4 is 11.7 Å². The molecule has 1 aliphatic heterocycles. The number of carbonyl (C=O) groups excluding carboxylic acids is 1. The molecule has 1 aromatic rings. The Morgan fingerprint density at radius 1 is 1.48 bits per heavy atom. The van der Waals surface area contributed by atoms with Gasteiger partial charge in [0.05, 0.1) is 0 Å². The molecule has 1 saturated heterocycles. The maximum Gasteiger partial charge on any atom is 0.254 e. The number of nitrogens with one attached hydrogen (secondary N) is 1. The summed E-state index contributed by atoms with van der Waals surface area (Å²) in [6, 6.07) is 3.55. The first-order valence-corrected chi connectivity index (χ1v) is 7.55. The Balaban J connectivity index is 2.13. The van der Waals surface area contributed by atoms with Crippen LogP contribution in [0.15, 0.2) is 12.1 Å². The number of likely N-dealkylation sites (tertiary alicyclic amines) is 1. The molecule has 0 atom stereocenters. The molecule has 6 nitrogen and oxygen atoms in total. The summed E-state index contributed by atoms with van der Waals surface area (Å²) in [5.41, 5.74) is 4.03. The van der Waals surface area contributed by atoms with E-state index in [9.17, 15) is 4.79 Å². The summed E-state index contributed by atoms with van der Waals surface area (Å²) in [7, 11) is 0. The van der Waals surface area contributed by atoms with Crippen LogP contribution >= 0.6 is 0 Å². The number of carbonyl (C=O) groups is 1. The molecule has 0 radical (unpaired) electrons. The Morgan fingerprint density at radius 2 is 2.19 bits per heavy atom. The zero-order valence-electron chi connectivity index (χ0n) is 12.5. The minimum absolute atomic E-state index is 0.0163. The number of aryl methyl sites for hydroxylation is 1. The summed E-state index contributed by atoms with van der Waals surface area (Å²) in [5, 5.41) is 9.16. The molecule has 1 aromatic heterocycles. The van der Waals surface area contributed by atoms with Crippen LogP contribution in [0.5, 0.6) is 0 Å². The summed E-state index contributed by atoms with van der Waals surface area (Å²) < 4.78 is 0. The van der Waals surface area contributed by atoms with Crippen LogP contribution < -0.4 is 11.3 Å². The number of nitrogens with zero attached hydrogens (tertiary/aromatic N) is 2. The van der Waals surface area contributed by atoms with Crippen LogP contribution in [-0.2, 0) is 6.42 Å². The number of rotatable bonds is 5. The lowest BCUT2D eigenvalue weighted by atomic mass is 9.97. The lowest BCUT2D eigenvalue weighted by Gasteiger charge is -2.31. The van der Waals surface area contributed by atoms with E-state index in [0.717, 1.165) is 31.4 Å². The molecule has 2 rings (SSSR count). The Labute approximate surface area is 125 Å². The molecule has 0 bridgehead atoms. The first-order valence-electron chi connectivity index (χ1n) is 7.55. The molecule has 1 aliphatic rings. The Morgan fingerprint density at radius 3 is 2.76 bits per heavy atom. The normalized spacial score (nSPS) is 16.0. The van der Waals surface area contributed by atoms with Crippen molar-refractivity contribution in [1.29, 1.82) is 0 Å². The number of nitrogen functional groups attached to an aromatic ring is 1. The van der Waals surface area contributed by atoms with Crippen molar-refractivity contribution in [2.24, 2.45) is 11.8 Å². The number of aromatic nitrogens is 1. The van der Waals surface area contributed by atoms with E-state index in [1.807, 2.05) is 11.0 Å². The van der Waals surface area contributed by atoms with Crippen LogP contribution in [0.3, 0.4) is 0 Å². The highest BCUT2D eigenvalue weighted by atomic mass is 16.3. The number of piperidine rings is 1. The fourth-order valence-corrected chi connectivity index (χ4v) is 2.67. The molecule has 1 fully saturated rings. The van der Waals surface area contributed by atoms with Gasteiger partial charge in [0.25, 0.3) is 5.91 Å². The van der Waals surface area contributed by atoms with Crippen molar-refractivity contribution in [3.63, 3.8) is 0 Å². The monoisotopic (exact) mass is 292 g/mol. The molecule has 4 N–H and O–H groups in total. The van der Waals surface area contributed by atoms with Crippen molar-refractivity contribution in [2.45, 2.75) is 32.6 Å². The van der Waals surface area contributed by atoms with E-state index < -0.39 is 0 Å². The smallest absolute Gasteiger partial charge is 0.254 e. The van der Waals surface area contributed by atoms with Crippen molar-refractivity contribution in [1.82, 2.24) is 9.88 Å². The molecule has 116 valence electrons. The number of aliphatic hydroxyl groups is 1. The number of aliphatic hydroxyl groups excluding tert-OH is 1. The van der Waals surface area contributed by atoms with E-state index in [-0.39, 0.29) is 12.5 Å². The van der Waals surface area contributed by atoms with Crippen LogP contribution in [0.2, 0.25) is 0 Å². The number of hydrazine groups is 1. The quantitative estimate of drug-likeness (QED) is 0.559. The minimum Gasteiger partial charge on any atom is -0.396 e. The summed E-state index contributed by atoms with van der Waals surface area (Å²) in [6.45, 7) is 3.67. The summed E-state index contributed by atoms with van der Waals surface area (Å²) >= 11 is 0. The molecule has 0 spiro atoms. The number of nitrogens with two attached hydrogens (primary N) is 1. The van der Waals surface area contributed by atoms with Gasteiger partial charge < -0.3 is 15.4 Å². The molecule has 0 aromatic carbocycles. The highest BCUT2D eigenvalue weighted by Crippen LogP contribution is 2.20. The topological polar surface area (TPSA) is 91.5 Å². The van der Waals surface area contributed by atoms with Gasteiger partial charge in [0.2, 0.25) is 0 Å². The predicted octanol–water partition coefficient (Wildman–Crippen LogP) is 1.16. The van der Waals surface area contributed by atoms with Gasteiger partial charge in [-0.3, -0.25) is 4.79 Å². The van der Waals surface area contributed by atoms with Gasteiger partial charge in [-0.2, -0.15) is 0 Å². The van der Waals surface area contributed by atoms with Crippen molar-refractivity contribution in [3.05, 3.63) is 23.4 Å². The highest BCUT2D eigenvalue weighted by Gasteiger charge is 2.23. The van der Waals surface area contributed by atoms with Gasteiger partial charge in [0, 0.05) is 31.0 Å². The molecule has 0 unspecified atom stereocenters. The highest BCUT2D eigenvalue weighted by molar-refractivity contribution is 5.95. The Kier molecular flexibility index (Phi) is 5.52. The first kappa shape index (κ1) is 15.7. The molecule has 1 amide bonds. The summed E-state index contributed by atoms with van der Waals surface area (Å²) in [6.07, 6.45) is 3.51. The Hall–Kier alpha value is -1.66. The van der Waals surface area contributed by atoms with E-state index >= 15 is 0 Å². The molecule has 21 heavy (non-hydrogen) atoms. The molecule has 6 heteroatoms. The van der Waals surface area contributed by atoms with Gasteiger partial charge >= 0.3 is 0 Å². The number of hydrogen-bond donors (Lipinski definition) is 3. The lowest BCUT2D eigenvalue weighted by molar-refractivity contribution is 0.0650. The van der Waals surface area contributed by atoms with Gasteiger partial charge in [0.1, 0.15) is 5.82 Å². The largest absolute Gasteiger partial charge is 0.396 e. The SMILES string of the molecule is CCCc1cc(C(=O)N2CCC(CO)CC2)cc(NN)n1. The molecular weight excluding hydrogens is 268 g/mol. The number of amides is 1. The van der Waals surface area contributed by atoms with Crippen LogP contribution in [0.25, 0.3) is 0 Å².